The van der Waals surface area contributed by atoms with Gasteiger partial charge in [0, 0.05) is 12.7 Å². The van der Waals surface area contributed by atoms with E-state index in [1.165, 1.54) is 16.9 Å². The summed E-state index contributed by atoms with van der Waals surface area (Å²) in [6, 6.07) is 10.7. The van der Waals surface area contributed by atoms with Crippen molar-refractivity contribution in [2.24, 2.45) is 7.05 Å². The highest BCUT2D eigenvalue weighted by molar-refractivity contribution is 5.54. The molecule has 1 aromatic heterocycles. The van der Waals surface area contributed by atoms with Gasteiger partial charge in [0.25, 0.3) is 0 Å². The first kappa shape index (κ1) is 14.6. The van der Waals surface area contributed by atoms with Crippen LogP contribution in [0.25, 0.3) is 0 Å². The Bertz CT molecular complexity index is 576. The molecule has 1 aromatic carbocycles. The SMILES string of the molecule is CCc1cc(CNc2ccccc2C(C)(C)C)n(C)n1. The van der Waals surface area contributed by atoms with Crippen LogP contribution >= 0.6 is 0 Å². The van der Waals surface area contributed by atoms with E-state index < -0.39 is 0 Å². The van der Waals surface area contributed by atoms with Crippen molar-refractivity contribution < 1.29 is 0 Å². The summed E-state index contributed by atoms with van der Waals surface area (Å²) >= 11 is 0. The van der Waals surface area contributed by atoms with Crippen molar-refractivity contribution in [3.05, 3.63) is 47.3 Å². The Morgan fingerprint density at radius 2 is 1.90 bits per heavy atom. The molecule has 3 nitrogen and oxygen atoms in total. The number of benzene rings is 1. The number of nitrogens with one attached hydrogen (secondary N) is 1. The highest BCUT2D eigenvalue weighted by atomic mass is 15.3. The zero-order chi connectivity index (χ0) is 14.8. The molecule has 20 heavy (non-hydrogen) atoms. The zero-order valence-corrected chi connectivity index (χ0v) is 13.2. The van der Waals surface area contributed by atoms with Crippen LogP contribution in [0, 0.1) is 0 Å². The number of hydrogen-bond acceptors (Lipinski definition) is 2. The Hall–Kier alpha value is -1.77. The van der Waals surface area contributed by atoms with Crippen LogP contribution in [0.1, 0.15) is 44.6 Å². The van der Waals surface area contributed by atoms with Crippen LogP contribution in [-0.4, -0.2) is 9.78 Å². The second-order valence-electron chi connectivity index (χ2n) is 6.25. The smallest absolute Gasteiger partial charge is 0.0625 e. The van der Waals surface area contributed by atoms with E-state index in [0.29, 0.717) is 0 Å². The molecule has 0 aliphatic heterocycles. The van der Waals surface area contributed by atoms with E-state index in [1.807, 2.05) is 11.7 Å². The van der Waals surface area contributed by atoms with Gasteiger partial charge in [-0.05, 0) is 29.5 Å². The Labute approximate surface area is 122 Å². The van der Waals surface area contributed by atoms with Crippen molar-refractivity contribution in [2.75, 3.05) is 5.32 Å². The predicted octanol–water partition coefficient (Wildman–Crippen LogP) is 3.89. The van der Waals surface area contributed by atoms with Crippen LogP contribution in [0.2, 0.25) is 0 Å². The molecule has 0 aliphatic rings. The van der Waals surface area contributed by atoms with Crippen LogP contribution in [-0.2, 0) is 25.4 Å². The van der Waals surface area contributed by atoms with Crippen LogP contribution in [0.4, 0.5) is 5.69 Å². The summed E-state index contributed by atoms with van der Waals surface area (Å²) in [6.45, 7) is 9.66. The van der Waals surface area contributed by atoms with Gasteiger partial charge in [-0.2, -0.15) is 5.10 Å². The number of para-hydroxylation sites is 1. The van der Waals surface area contributed by atoms with Crippen molar-refractivity contribution in [3.63, 3.8) is 0 Å². The van der Waals surface area contributed by atoms with Gasteiger partial charge in [-0.1, -0.05) is 45.9 Å². The number of aromatic nitrogens is 2. The third kappa shape index (κ3) is 3.21. The van der Waals surface area contributed by atoms with Crippen molar-refractivity contribution in [1.29, 1.82) is 0 Å². The van der Waals surface area contributed by atoms with Crippen molar-refractivity contribution >= 4 is 5.69 Å². The minimum atomic E-state index is 0.143. The van der Waals surface area contributed by atoms with Gasteiger partial charge in [-0.25, -0.2) is 0 Å². The molecule has 2 rings (SSSR count). The first-order valence-electron chi connectivity index (χ1n) is 7.27. The standard InChI is InChI=1S/C17H25N3/c1-6-13-11-14(20(5)19-13)12-18-16-10-8-7-9-15(16)17(2,3)4/h7-11,18H,6,12H2,1-5H3. The van der Waals surface area contributed by atoms with Gasteiger partial charge in [0.05, 0.1) is 17.9 Å². The average Bonchev–Trinajstić information content (AvgIpc) is 2.76. The molecule has 0 saturated carbocycles. The fourth-order valence-corrected chi connectivity index (χ4v) is 2.39. The van der Waals surface area contributed by atoms with E-state index in [4.69, 9.17) is 0 Å². The lowest BCUT2D eigenvalue weighted by atomic mass is 9.86. The summed E-state index contributed by atoms with van der Waals surface area (Å²) in [5.74, 6) is 0. The Morgan fingerprint density at radius 1 is 1.20 bits per heavy atom. The van der Waals surface area contributed by atoms with Gasteiger partial charge in [0.2, 0.25) is 0 Å². The molecule has 0 amide bonds. The van der Waals surface area contributed by atoms with E-state index in [9.17, 15) is 0 Å². The number of nitrogens with zero attached hydrogens (tertiary/aromatic N) is 2. The molecule has 0 atom stereocenters. The van der Waals surface area contributed by atoms with Crippen LogP contribution in [0.3, 0.4) is 0 Å². The first-order valence-corrected chi connectivity index (χ1v) is 7.27. The summed E-state index contributed by atoms with van der Waals surface area (Å²) in [5, 5.41) is 8.04. The fourth-order valence-electron chi connectivity index (χ4n) is 2.39. The third-order valence-corrected chi connectivity index (χ3v) is 3.58. The fraction of sp³-hybridized carbons (Fsp3) is 0.471. The number of hydrogen-bond donors (Lipinski definition) is 1. The number of rotatable bonds is 4. The Kier molecular flexibility index (Phi) is 4.17. The molecule has 0 saturated heterocycles. The molecule has 0 spiro atoms. The summed E-state index contributed by atoms with van der Waals surface area (Å²) in [5.41, 5.74) is 5.06. The molecule has 3 heteroatoms. The molecule has 1 heterocycles. The van der Waals surface area contributed by atoms with Gasteiger partial charge >= 0.3 is 0 Å². The quantitative estimate of drug-likeness (QED) is 0.914. The second-order valence-corrected chi connectivity index (χ2v) is 6.25. The van der Waals surface area contributed by atoms with Crippen LogP contribution < -0.4 is 5.32 Å². The molecule has 0 bridgehead atoms. The van der Waals surface area contributed by atoms with Crippen molar-refractivity contribution in [3.8, 4) is 0 Å². The molecule has 1 N–H and O–H groups in total. The number of anilines is 1. The van der Waals surface area contributed by atoms with Gasteiger partial charge in [-0.3, -0.25) is 4.68 Å². The van der Waals surface area contributed by atoms with E-state index in [-0.39, 0.29) is 5.41 Å². The van der Waals surface area contributed by atoms with E-state index in [2.05, 4.69) is 68.4 Å². The normalized spacial score (nSPS) is 11.7. The zero-order valence-electron chi connectivity index (χ0n) is 13.2. The van der Waals surface area contributed by atoms with Gasteiger partial charge in [0.1, 0.15) is 0 Å². The van der Waals surface area contributed by atoms with E-state index in [1.54, 1.807) is 0 Å². The second kappa shape index (κ2) is 5.70. The molecule has 0 unspecified atom stereocenters. The maximum Gasteiger partial charge on any atom is 0.0625 e. The van der Waals surface area contributed by atoms with Gasteiger partial charge in [0.15, 0.2) is 0 Å². The molecular weight excluding hydrogens is 246 g/mol. The molecule has 0 aliphatic carbocycles. The first-order chi connectivity index (χ1) is 9.41. The maximum atomic E-state index is 4.49. The van der Waals surface area contributed by atoms with Gasteiger partial charge < -0.3 is 5.32 Å². The minimum absolute atomic E-state index is 0.143. The third-order valence-electron chi connectivity index (χ3n) is 3.58. The molecule has 108 valence electrons. The topological polar surface area (TPSA) is 29.9 Å². The van der Waals surface area contributed by atoms with E-state index in [0.717, 1.165) is 18.7 Å². The Balaban J connectivity index is 2.17. The highest BCUT2D eigenvalue weighted by Gasteiger charge is 2.17. The monoisotopic (exact) mass is 271 g/mol. The summed E-state index contributed by atoms with van der Waals surface area (Å²) < 4.78 is 1.96. The molecule has 0 radical (unpaired) electrons. The lowest BCUT2D eigenvalue weighted by Gasteiger charge is -2.23. The average molecular weight is 271 g/mol. The van der Waals surface area contributed by atoms with Crippen LogP contribution in [0.15, 0.2) is 30.3 Å². The summed E-state index contributed by atoms with van der Waals surface area (Å²) in [4.78, 5) is 0. The Morgan fingerprint density at radius 3 is 2.50 bits per heavy atom. The maximum absolute atomic E-state index is 4.49. The largest absolute Gasteiger partial charge is 0.379 e. The lowest BCUT2D eigenvalue weighted by Crippen LogP contribution is -2.15. The van der Waals surface area contributed by atoms with E-state index >= 15 is 0 Å². The summed E-state index contributed by atoms with van der Waals surface area (Å²) in [7, 11) is 2.01. The van der Waals surface area contributed by atoms with Gasteiger partial charge in [-0.15, -0.1) is 0 Å². The molecular formula is C17H25N3. The lowest BCUT2D eigenvalue weighted by molar-refractivity contribution is 0.591. The van der Waals surface area contributed by atoms with Crippen LogP contribution in [0.5, 0.6) is 0 Å². The van der Waals surface area contributed by atoms with Crippen molar-refractivity contribution in [1.82, 2.24) is 9.78 Å². The minimum Gasteiger partial charge on any atom is -0.379 e. The van der Waals surface area contributed by atoms with Crippen molar-refractivity contribution in [2.45, 2.75) is 46.1 Å². The highest BCUT2D eigenvalue weighted by Crippen LogP contribution is 2.29. The molecule has 0 fully saturated rings. The number of aryl methyl sites for hydroxylation is 2. The predicted molar refractivity (Wildman–Crippen MR) is 85.1 cm³/mol. The molecule has 2 aromatic rings. The summed E-state index contributed by atoms with van der Waals surface area (Å²) in [6.07, 6.45) is 0.979.